The van der Waals surface area contributed by atoms with Gasteiger partial charge in [0, 0.05) is 0 Å². The molecule has 0 saturated carbocycles. The topological polar surface area (TPSA) is 292 Å². The molecule has 0 spiro atoms. The van der Waals surface area contributed by atoms with E-state index < -0.39 is 20.6 Å². The molecule has 0 unspecified atom stereocenters. The molecule has 15 heavy (non-hydrogen) atoms. The van der Waals surface area contributed by atoms with E-state index in [0.29, 0.717) is 0 Å². The van der Waals surface area contributed by atoms with Gasteiger partial charge in [0.2, 0.25) is 0 Å². The number of nitrogens with two attached hydrogens (primary N) is 2. The Kier molecular flexibility index (Phi) is 50.4. The van der Waals surface area contributed by atoms with Crippen molar-refractivity contribution in [3.63, 3.8) is 0 Å². The normalized spacial score (nSPS) is 7.73. The molecule has 12 N–H and O–H groups in total. The van der Waals surface area contributed by atoms with Crippen LogP contribution in [0.3, 0.4) is 0 Å². The van der Waals surface area contributed by atoms with Crippen LogP contribution in [0.15, 0.2) is 0 Å². The van der Waals surface area contributed by atoms with Crippen LogP contribution in [-0.4, -0.2) is 47.8 Å². The zero-order chi connectivity index (χ0) is 9.00. The third-order valence-corrected chi connectivity index (χ3v) is 0. The Morgan fingerprint density at radius 3 is 0.667 bits per heavy atom. The van der Waals surface area contributed by atoms with E-state index in [1.165, 1.54) is 0 Å². The summed E-state index contributed by atoms with van der Waals surface area (Å²) in [6.07, 6.45) is 0. The summed E-state index contributed by atoms with van der Waals surface area (Å²) in [5, 5.41) is 7.54. The molecule has 0 bridgehead atoms. The van der Waals surface area contributed by atoms with Gasteiger partial charge in [-0.3, -0.25) is 0 Å². The summed E-state index contributed by atoms with van der Waals surface area (Å²) in [5.41, 5.74) is 0. The Labute approximate surface area is 96.1 Å². The molecule has 101 valence electrons. The van der Waals surface area contributed by atoms with Crippen LogP contribution >= 0.6 is 0 Å². The maximum atomic E-state index is 8.85. The average molecular weight is 319 g/mol. The smallest absolute Gasteiger partial charge is 0.736 e. The number of rotatable bonds is 0. The van der Waals surface area contributed by atoms with E-state index in [4.69, 9.17) is 25.9 Å². The van der Waals surface area contributed by atoms with Crippen molar-refractivity contribution < 1.29 is 64.9 Å². The van der Waals surface area contributed by atoms with E-state index in [2.05, 4.69) is 10.3 Å². The molecule has 12 nitrogen and oxygen atoms in total. The van der Waals surface area contributed by atoms with Gasteiger partial charge < -0.3 is 31.0 Å². The quantitative estimate of drug-likeness (QED) is 0.322. The largest absolute Gasteiger partial charge is 2.00 e. The molecule has 15 heteroatoms. The van der Waals surface area contributed by atoms with E-state index in [0.717, 1.165) is 0 Å². The molecule has 0 aliphatic rings. The summed E-state index contributed by atoms with van der Waals surface area (Å²) in [7, 11) is -8.83. The van der Waals surface area contributed by atoms with Crippen molar-refractivity contribution in [2.45, 2.75) is 0 Å². The van der Waals surface area contributed by atoms with Crippen molar-refractivity contribution in [2.75, 3.05) is 0 Å². The Morgan fingerprint density at radius 1 is 0.667 bits per heavy atom. The molecule has 0 aromatic rings. The first kappa shape index (κ1) is 45.8. The molecule has 0 aliphatic carbocycles. The number of hydrogen-bond acceptors (Lipinski definition) is 6. The van der Waals surface area contributed by atoms with Gasteiger partial charge in [-0.15, -0.1) is 0 Å². The molecule has 0 atom stereocenters. The Hall–Kier alpha value is 0.0995. The van der Waals surface area contributed by atoms with E-state index in [1.807, 2.05) is 0 Å². The Morgan fingerprint density at radius 2 is 0.667 bits per heavy atom. The molecule has 0 rings (SSSR count). The van der Waals surface area contributed by atoms with Crippen LogP contribution in [-0.2, 0) is 37.7 Å². The van der Waals surface area contributed by atoms with Crippen LogP contribution in [0, 0.1) is 0 Å². The van der Waals surface area contributed by atoms with Gasteiger partial charge in [-0.05, 0) is 0 Å². The van der Waals surface area contributed by atoms with Gasteiger partial charge in [0.15, 0.2) is 20.6 Å². The standard InChI is InChI=1S/Mn.2H3NO3S.4H2O/c;2*1-5(2,3)4;;;;/h;2*(H3,1,2,3,4);4*1H2/q+2;;;;;;/p-2. The van der Waals surface area contributed by atoms with Crippen molar-refractivity contribution in [1.82, 2.24) is 0 Å². The molecule has 0 aromatic carbocycles. The second-order valence-electron chi connectivity index (χ2n) is 0.986. The Balaban J connectivity index is -0.0000000128. The van der Waals surface area contributed by atoms with Gasteiger partial charge in [0.1, 0.15) is 0 Å². The Bertz CT molecular complexity index is 218. The zero-order valence-electron chi connectivity index (χ0n) is 6.80. The first-order valence-electron chi connectivity index (χ1n) is 1.47. The van der Waals surface area contributed by atoms with Crippen molar-refractivity contribution >= 4 is 20.6 Å². The van der Waals surface area contributed by atoms with Crippen LogP contribution < -0.4 is 10.3 Å². The second kappa shape index (κ2) is 16.5. The SMILES string of the molecule is NS(=O)(=O)[O-].NS(=O)(=O)[O-].O.O.O.O.[Mn+2]. The maximum absolute atomic E-state index is 8.85. The van der Waals surface area contributed by atoms with Crippen molar-refractivity contribution in [2.24, 2.45) is 10.3 Å². The summed E-state index contributed by atoms with van der Waals surface area (Å²) < 4.78 is 53.1. The van der Waals surface area contributed by atoms with Crippen molar-refractivity contribution in [3.8, 4) is 0 Å². The first-order valence-corrected chi connectivity index (χ1v) is 4.41. The summed E-state index contributed by atoms with van der Waals surface area (Å²) in [4.78, 5) is 0. The molecule has 0 aromatic heterocycles. The van der Waals surface area contributed by atoms with E-state index in [9.17, 15) is 0 Å². The predicted octanol–water partition coefficient (Wildman–Crippen LogP) is -6.49. The van der Waals surface area contributed by atoms with Gasteiger partial charge in [0.25, 0.3) is 0 Å². The van der Waals surface area contributed by atoms with Gasteiger partial charge in [-0.1, -0.05) is 0 Å². The third kappa shape index (κ3) is 209000. The average Bonchev–Trinajstić information content (AvgIpc) is 1.12. The predicted molar refractivity (Wildman–Crippen MR) is 42.2 cm³/mol. The van der Waals surface area contributed by atoms with Gasteiger partial charge in [-0.25, -0.2) is 27.1 Å². The monoisotopic (exact) mass is 319 g/mol. The van der Waals surface area contributed by atoms with Crippen molar-refractivity contribution in [3.05, 3.63) is 0 Å². The molecule has 0 fully saturated rings. The van der Waals surface area contributed by atoms with Gasteiger partial charge in [0.05, 0.1) is 0 Å². The third-order valence-electron chi connectivity index (χ3n) is 0. The number of hydrogen-bond donors (Lipinski definition) is 2. The van der Waals surface area contributed by atoms with E-state index in [-0.39, 0.29) is 39.0 Å². The zero-order valence-corrected chi connectivity index (χ0v) is 9.61. The van der Waals surface area contributed by atoms with Gasteiger partial charge >= 0.3 is 17.1 Å². The fraction of sp³-hybridized carbons (Fsp3) is 0. The van der Waals surface area contributed by atoms with Crippen LogP contribution in [0.1, 0.15) is 0 Å². The molecular formula is H12MnN2O10S2. The maximum Gasteiger partial charge on any atom is 2.00 e. The minimum absolute atomic E-state index is 0. The summed E-state index contributed by atoms with van der Waals surface area (Å²) in [5.74, 6) is 0. The van der Waals surface area contributed by atoms with E-state index in [1.54, 1.807) is 0 Å². The van der Waals surface area contributed by atoms with E-state index >= 15 is 0 Å². The molecule has 0 aliphatic heterocycles. The minimum Gasteiger partial charge on any atom is -0.736 e. The molecule has 1 radical (unpaired) electrons. The molecule has 0 amide bonds. The van der Waals surface area contributed by atoms with Crippen LogP contribution in [0.25, 0.3) is 0 Å². The summed E-state index contributed by atoms with van der Waals surface area (Å²) in [6, 6.07) is 0. The molecule has 0 saturated heterocycles. The second-order valence-corrected chi connectivity index (χ2v) is 2.96. The first-order chi connectivity index (χ1) is 4.00. The van der Waals surface area contributed by atoms with Crippen molar-refractivity contribution in [1.29, 1.82) is 0 Å². The van der Waals surface area contributed by atoms with Gasteiger partial charge in [-0.2, -0.15) is 0 Å². The van der Waals surface area contributed by atoms with Crippen LogP contribution in [0.5, 0.6) is 0 Å². The molecule has 0 heterocycles. The minimum atomic E-state index is -4.42. The fourth-order valence-electron chi connectivity index (χ4n) is 0. The fourth-order valence-corrected chi connectivity index (χ4v) is 0. The molecular weight excluding hydrogens is 307 g/mol. The van der Waals surface area contributed by atoms with Crippen LogP contribution in [0.2, 0.25) is 0 Å². The summed E-state index contributed by atoms with van der Waals surface area (Å²) >= 11 is 0. The summed E-state index contributed by atoms with van der Waals surface area (Å²) in [6.45, 7) is 0. The van der Waals surface area contributed by atoms with Crippen LogP contribution in [0.4, 0.5) is 0 Å².